The summed E-state index contributed by atoms with van der Waals surface area (Å²) in [4.78, 5) is 24.8. The van der Waals surface area contributed by atoms with Crippen molar-refractivity contribution < 1.29 is 18.4 Å². The Hall–Kier alpha value is -3.62. The fraction of sp³-hybridized carbons (Fsp3) is 0.200. The lowest BCUT2D eigenvalue weighted by atomic mass is 10.1. The van der Waals surface area contributed by atoms with Crippen molar-refractivity contribution in [2.24, 2.45) is 0 Å². The number of nitrogens with one attached hydrogen (secondary N) is 2. The lowest BCUT2D eigenvalue weighted by molar-refractivity contribution is -0.117. The van der Waals surface area contributed by atoms with E-state index < -0.39 is 23.4 Å². The van der Waals surface area contributed by atoms with Gasteiger partial charge in [0.25, 0.3) is 5.91 Å². The number of nitrogens with zero attached hydrogens (tertiary/aromatic N) is 3. The van der Waals surface area contributed by atoms with Crippen LogP contribution in [0.5, 0.6) is 0 Å². The second-order valence-corrected chi connectivity index (χ2v) is 6.57. The third kappa shape index (κ3) is 4.45. The standard InChI is InChI=1S/C20H19F2N5O2/c1-11-5-4-6-12(2)18(11)24-20(29)19-13(3)27(26-25-19)10-17(28)23-16-8-7-14(21)9-15(16)22/h4-9H,10H2,1-3H3,(H,23,28)(H,24,29). The van der Waals surface area contributed by atoms with Crippen LogP contribution in [-0.2, 0) is 11.3 Å². The number of halogens is 2. The molecule has 2 aromatic carbocycles. The zero-order valence-corrected chi connectivity index (χ0v) is 16.1. The number of amides is 2. The fourth-order valence-electron chi connectivity index (χ4n) is 2.82. The maximum Gasteiger partial charge on any atom is 0.278 e. The van der Waals surface area contributed by atoms with E-state index in [1.807, 2.05) is 32.0 Å². The van der Waals surface area contributed by atoms with Crippen molar-refractivity contribution in [2.45, 2.75) is 27.3 Å². The molecule has 150 valence electrons. The van der Waals surface area contributed by atoms with Gasteiger partial charge in [0.15, 0.2) is 5.69 Å². The second kappa shape index (κ2) is 8.17. The summed E-state index contributed by atoms with van der Waals surface area (Å²) in [7, 11) is 0. The number of hydrogen-bond acceptors (Lipinski definition) is 4. The molecule has 1 aromatic heterocycles. The van der Waals surface area contributed by atoms with E-state index in [2.05, 4.69) is 20.9 Å². The molecule has 2 N–H and O–H groups in total. The van der Waals surface area contributed by atoms with Gasteiger partial charge in [0.2, 0.25) is 5.91 Å². The first kappa shape index (κ1) is 20.1. The Morgan fingerprint density at radius 1 is 1.03 bits per heavy atom. The lowest BCUT2D eigenvalue weighted by Gasteiger charge is -2.10. The van der Waals surface area contributed by atoms with E-state index in [9.17, 15) is 18.4 Å². The van der Waals surface area contributed by atoms with Gasteiger partial charge in [-0.3, -0.25) is 9.59 Å². The largest absolute Gasteiger partial charge is 0.322 e. The summed E-state index contributed by atoms with van der Waals surface area (Å²) in [5, 5.41) is 12.8. The SMILES string of the molecule is Cc1cccc(C)c1NC(=O)c1nnn(CC(=O)Nc2ccc(F)cc2F)c1C. The number of aryl methyl sites for hydroxylation is 2. The van der Waals surface area contributed by atoms with E-state index in [1.165, 1.54) is 4.68 Å². The molecule has 9 heteroatoms. The van der Waals surface area contributed by atoms with Crippen LogP contribution in [0.4, 0.5) is 20.2 Å². The van der Waals surface area contributed by atoms with Gasteiger partial charge in [-0.2, -0.15) is 0 Å². The van der Waals surface area contributed by atoms with Gasteiger partial charge in [-0.15, -0.1) is 5.10 Å². The summed E-state index contributed by atoms with van der Waals surface area (Å²) < 4.78 is 27.9. The van der Waals surface area contributed by atoms with Crippen LogP contribution in [0, 0.1) is 32.4 Å². The second-order valence-electron chi connectivity index (χ2n) is 6.57. The van der Waals surface area contributed by atoms with Gasteiger partial charge in [0.1, 0.15) is 18.2 Å². The fourth-order valence-corrected chi connectivity index (χ4v) is 2.82. The molecule has 3 rings (SSSR count). The smallest absolute Gasteiger partial charge is 0.278 e. The number of para-hydroxylation sites is 1. The van der Waals surface area contributed by atoms with Gasteiger partial charge >= 0.3 is 0 Å². The number of anilines is 2. The van der Waals surface area contributed by atoms with Crippen LogP contribution in [0.25, 0.3) is 0 Å². The first-order valence-electron chi connectivity index (χ1n) is 8.79. The molecular formula is C20H19F2N5O2. The maximum absolute atomic E-state index is 13.7. The Balaban J connectivity index is 1.71. The number of rotatable bonds is 5. The van der Waals surface area contributed by atoms with Gasteiger partial charge in [-0.05, 0) is 44.0 Å². The molecule has 0 fully saturated rings. The third-order valence-corrected chi connectivity index (χ3v) is 4.42. The molecule has 0 atom stereocenters. The quantitative estimate of drug-likeness (QED) is 0.688. The van der Waals surface area contributed by atoms with Gasteiger partial charge in [0, 0.05) is 11.8 Å². The highest BCUT2D eigenvalue weighted by Crippen LogP contribution is 2.20. The Bertz CT molecular complexity index is 1070. The Kier molecular flexibility index (Phi) is 5.67. The molecule has 0 saturated heterocycles. The summed E-state index contributed by atoms with van der Waals surface area (Å²) in [6, 6.07) is 8.49. The maximum atomic E-state index is 13.7. The number of carbonyl (C=O) groups is 2. The summed E-state index contributed by atoms with van der Waals surface area (Å²) in [6.45, 7) is 5.08. The van der Waals surface area contributed by atoms with Crippen LogP contribution in [0.1, 0.15) is 27.3 Å². The van der Waals surface area contributed by atoms with Crippen LogP contribution >= 0.6 is 0 Å². The van der Waals surface area contributed by atoms with E-state index in [-0.39, 0.29) is 17.9 Å². The lowest BCUT2D eigenvalue weighted by Crippen LogP contribution is -2.21. The highest BCUT2D eigenvalue weighted by molar-refractivity contribution is 6.04. The number of carbonyl (C=O) groups excluding carboxylic acids is 2. The van der Waals surface area contributed by atoms with E-state index >= 15 is 0 Å². The zero-order valence-electron chi connectivity index (χ0n) is 16.1. The number of hydrogen-bond donors (Lipinski definition) is 2. The molecule has 0 aliphatic carbocycles. The minimum Gasteiger partial charge on any atom is -0.322 e. The number of benzene rings is 2. The Morgan fingerprint density at radius 2 is 1.72 bits per heavy atom. The molecule has 0 bridgehead atoms. The molecule has 29 heavy (non-hydrogen) atoms. The zero-order chi connectivity index (χ0) is 21.1. The van der Waals surface area contributed by atoms with E-state index in [0.29, 0.717) is 17.4 Å². The van der Waals surface area contributed by atoms with Crippen LogP contribution in [-0.4, -0.2) is 26.8 Å². The highest BCUT2D eigenvalue weighted by Gasteiger charge is 2.19. The van der Waals surface area contributed by atoms with Crippen molar-refractivity contribution in [1.29, 1.82) is 0 Å². The summed E-state index contributed by atoms with van der Waals surface area (Å²) >= 11 is 0. The summed E-state index contributed by atoms with van der Waals surface area (Å²) in [5.41, 5.74) is 2.81. The molecule has 0 spiro atoms. The van der Waals surface area contributed by atoms with E-state index in [0.717, 1.165) is 23.3 Å². The minimum absolute atomic E-state index is 0.0772. The van der Waals surface area contributed by atoms with Crippen molar-refractivity contribution in [1.82, 2.24) is 15.0 Å². The third-order valence-electron chi connectivity index (χ3n) is 4.42. The van der Waals surface area contributed by atoms with Crippen molar-refractivity contribution >= 4 is 23.2 Å². The van der Waals surface area contributed by atoms with Crippen molar-refractivity contribution in [3.05, 3.63) is 70.5 Å². The van der Waals surface area contributed by atoms with Gasteiger partial charge in [0.05, 0.1) is 11.4 Å². The molecule has 3 aromatic rings. The number of aromatic nitrogens is 3. The first-order chi connectivity index (χ1) is 13.8. The van der Waals surface area contributed by atoms with E-state index in [4.69, 9.17) is 0 Å². The predicted octanol–water partition coefficient (Wildman–Crippen LogP) is 3.37. The predicted molar refractivity (Wildman–Crippen MR) is 104 cm³/mol. The summed E-state index contributed by atoms with van der Waals surface area (Å²) in [6.07, 6.45) is 0. The Labute approximate surface area is 165 Å². The van der Waals surface area contributed by atoms with Crippen LogP contribution in [0.2, 0.25) is 0 Å². The molecule has 7 nitrogen and oxygen atoms in total. The molecule has 2 amide bonds. The molecule has 1 heterocycles. The van der Waals surface area contributed by atoms with Crippen molar-refractivity contribution in [3.8, 4) is 0 Å². The highest BCUT2D eigenvalue weighted by atomic mass is 19.1. The van der Waals surface area contributed by atoms with Crippen LogP contribution in [0.3, 0.4) is 0 Å². The summed E-state index contributed by atoms with van der Waals surface area (Å²) in [5.74, 6) is -2.67. The minimum atomic E-state index is -0.887. The first-order valence-corrected chi connectivity index (χ1v) is 8.79. The van der Waals surface area contributed by atoms with E-state index in [1.54, 1.807) is 6.92 Å². The van der Waals surface area contributed by atoms with Crippen LogP contribution < -0.4 is 10.6 Å². The monoisotopic (exact) mass is 399 g/mol. The molecule has 0 aliphatic rings. The van der Waals surface area contributed by atoms with Gasteiger partial charge < -0.3 is 10.6 Å². The van der Waals surface area contributed by atoms with Gasteiger partial charge in [-0.25, -0.2) is 13.5 Å². The van der Waals surface area contributed by atoms with Crippen LogP contribution in [0.15, 0.2) is 36.4 Å². The molecule has 0 saturated carbocycles. The average Bonchev–Trinajstić information content (AvgIpc) is 3.01. The molecule has 0 aliphatic heterocycles. The molecule has 0 radical (unpaired) electrons. The van der Waals surface area contributed by atoms with Crippen molar-refractivity contribution in [3.63, 3.8) is 0 Å². The topological polar surface area (TPSA) is 88.9 Å². The van der Waals surface area contributed by atoms with Crippen molar-refractivity contribution in [2.75, 3.05) is 10.6 Å². The van der Waals surface area contributed by atoms with Gasteiger partial charge in [-0.1, -0.05) is 23.4 Å². The normalized spacial score (nSPS) is 10.7. The average molecular weight is 399 g/mol. The molecular weight excluding hydrogens is 380 g/mol. The Morgan fingerprint density at radius 3 is 2.38 bits per heavy atom. The molecule has 0 unspecified atom stereocenters.